The summed E-state index contributed by atoms with van der Waals surface area (Å²) in [5.41, 5.74) is 2.91. The maximum Gasteiger partial charge on any atom is 0.338 e. The highest BCUT2D eigenvalue weighted by atomic mass is 16.5. The lowest BCUT2D eigenvalue weighted by Gasteiger charge is -2.11. The average molecular weight is 323 g/mol. The van der Waals surface area contributed by atoms with Crippen LogP contribution in [0.5, 0.6) is 0 Å². The van der Waals surface area contributed by atoms with Gasteiger partial charge >= 0.3 is 5.97 Å². The highest BCUT2D eigenvalue weighted by Crippen LogP contribution is 2.25. The van der Waals surface area contributed by atoms with Crippen LogP contribution in [0.2, 0.25) is 0 Å². The van der Waals surface area contributed by atoms with Crippen molar-refractivity contribution in [1.82, 2.24) is 14.8 Å². The molecular weight excluding hydrogens is 306 g/mol. The molecule has 0 radical (unpaired) electrons. The predicted molar refractivity (Wildman–Crippen MR) is 91.0 cm³/mol. The Morgan fingerprint density at radius 2 is 2.08 bits per heavy atom. The predicted octanol–water partition coefficient (Wildman–Crippen LogP) is 2.57. The zero-order valence-corrected chi connectivity index (χ0v) is 13.7. The lowest BCUT2D eigenvalue weighted by molar-refractivity contribution is 0.0600. The van der Waals surface area contributed by atoms with Crippen LogP contribution in [0.3, 0.4) is 0 Å². The van der Waals surface area contributed by atoms with Crippen molar-refractivity contribution in [1.29, 1.82) is 0 Å². The third kappa shape index (κ3) is 2.56. The smallest absolute Gasteiger partial charge is 0.338 e. The number of pyridine rings is 1. The minimum atomic E-state index is -0.407. The Morgan fingerprint density at radius 1 is 1.29 bits per heavy atom. The van der Waals surface area contributed by atoms with Crippen molar-refractivity contribution >= 4 is 16.9 Å². The second kappa shape index (κ2) is 6.23. The molecule has 6 heteroatoms. The van der Waals surface area contributed by atoms with Crippen LogP contribution in [-0.2, 0) is 11.3 Å². The number of fused-ring (bicyclic) bond motifs is 1. The van der Waals surface area contributed by atoms with E-state index in [1.54, 1.807) is 24.4 Å². The van der Waals surface area contributed by atoms with Crippen LogP contribution >= 0.6 is 0 Å². The molecule has 0 aliphatic heterocycles. The van der Waals surface area contributed by atoms with E-state index >= 15 is 0 Å². The molecule has 2 heterocycles. The van der Waals surface area contributed by atoms with Gasteiger partial charge in [-0.25, -0.2) is 9.48 Å². The Balaban J connectivity index is 2.32. The molecule has 0 unspecified atom stereocenters. The van der Waals surface area contributed by atoms with Crippen molar-refractivity contribution in [3.63, 3.8) is 0 Å². The molecular formula is C18H17N3O3. The number of methoxy groups -OCH3 is 1. The topological polar surface area (TPSA) is 74.1 Å². The molecule has 2 aromatic heterocycles. The molecule has 0 bridgehead atoms. The summed E-state index contributed by atoms with van der Waals surface area (Å²) in [6.45, 7) is 4.15. The number of carbonyl (C=O) groups excluding carboxylic acids is 1. The summed E-state index contributed by atoms with van der Waals surface area (Å²) < 4.78 is 6.23. The maximum absolute atomic E-state index is 12.4. The first-order valence-electron chi connectivity index (χ1n) is 7.62. The zero-order chi connectivity index (χ0) is 17.3. The molecule has 3 aromatic rings. The monoisotopic (exact) mass is 323 g/mol. The van der Waals surface area contributed by atoms with Crippen molar-refractivity contribution in [2.75, 3.05) is 7.11 Å². The van der Waals surface area contributed by atoms with Gasteiger partial charge in [0, 0.05) is 18.3 Å². The molecule has 0 fully saturated rings. The van der Waals surface area contributed by atoms with Crippen LogP contribution in [0.4, 0.5) is 0 Å². The van der Waals surface area contributed by atoms with Crippen molar-refractivity contribution in [2.24, 2.45) is 0 Å². The van der Waals surface area contributed by atoms with Gasteiger partial charge in [0.2, 0.25) is 0 Å². The van der Waals surface area contributed by atoms with E-state index in [0.29, 0.717) is 34.3 Å². The largest absolute Gasteiger partial charge is 0.465 e. The molecule has 0 atom stereocenters. The van der Waals surface area contributed by atoms with Crippen molar-refractivity contribution < 1.29 is 9.53 Å². The summed E-state index contributed by atoms with van der Waals surface area (Å²) in [6, 6.07) is 8.88. The molecule has 24 heavy (non-hydrogen) atoms. The Hall–Kier alpha value is -3.02. The summed E-state index contributed by atoms with van der Waals surface area (Å²) in [6.07, 6.45) is 1.62. The molecule has 0 amide bonds. The van der Waals surface area contributed by atoms with Gasteiger partial charge in [-0.3, -0.25) is 9.78 Å². The molecule has 3 rings (SSSR count). The van der Waals surface area contributed by atoms with Crippen LogP contribution in [0, 0.1) is 6.92 Å². The zero-order valence-electron chi connectivity index (χ0n) is 13.7. The summed E-state index contributed by atoms with van der Waals surface area (Å²) >= 11 is 0. The molecule has 122 valence electrons. The fraction of sp³-hybridized carbons (Fsp3) is 0.222. The van der Waals surface area contributed by atoms with Gasteiger partial charge in [-0.1, -0.05) is 12.1 Å². The van der Waals surface area contributed by atoms with Gasteiger partial charge < -0.3 is 4.74 Å². The Kier molecular flexibility index (Phi) is 4.12. The van der Waals surface area contributed by atoms with Crippen LogP contribution < -0.4 is 5.56 Å². The van der Waals surface area contributed by atoms with Gasteiger partial charge in [0.15, 0.2) is 0 Å². The number of esters is 1. The molecule has 0 N–H and O–H groups in total. The normalized spacial score (nSPS) is 10.8. The van der Waals surface area contributed by atoms with Crippen molar-refractivity contribution in [3.05, 3.63) is 58.0 Å². The number of hydrogen-bond donors (Lipinski definition) is 0. The molecule has 1 aromatic carbocycles. The van der Waals surface area contributed by atoms with Crippen LogP contribution in [0.1, 0.15) is 22.8 Å². The van der Waals surface area contributed by atoms with Crippen LogP contribution in [-0.4, -0.2) is 27.8 Å². The van der Waals surface area contributed by atoms with E-state index in [-0.39, 0.29) is 5.56 Å². The first-order chi connectivity index (χ1) is 11.6. The summed E-state index contributed by atoms with van der Waals surface area (Å²) in [5, 5.41) is 4.94. The number of carbonyl (C=O) groups is 1. The number of benzene rings is 1. The Morgan fingerprint density at radius 3 is 2.79 bits per heavy atom. The first-order valence-corrected chi connectivity index (χ1v) is 7.62. The van der Waals surface area contributed by atoms with Gasteiger partial charge in [-0.2, -0.15) is 5.10 Å². The van der Waals surface area contributed by atoms with E-state index in [4.69, 9.17) is 4.74 Å². The lowest BCUT2D eigenvalue weighted by atomic mass is 10.0. The van der Waals surface area contributed by atoms with Gasteiger partial charge in [0.25, 0.3) is 5.56 Å². The summed E-state index contributed by atoms with van der Waals surface area (Å²) in [4.78, 5) is 28.7. The molecule has 0 aliphatic rings. The van der Waals surface area contributed by atoms with E-state index in [1.807, 2.05) is 26.0 Å². The van der Waals surface area contributed by atoms with E-state index in [0.717, 1.165) is 5.56 Å². The van der Waals surface area contributed by atoms with Crippen molar-refractivity contribution in [2.45, 2.75) is 20.4 Å². The number of rotatable bonds is 3. The standard InChI is InChI=1S/C18H17N3O3/c1-4-21-17(22)13-6-5-9-19-16(13)15(20-21)12-8-7-11(2)14(10-12)18(23)24-3/h5-10H,4H2,1-3H3. The second-order valence-electron chi connectivity index (χ2n) is 5.39. The minimum Gasteiger partial charge on any atom is -0.465 e. The third-order valence-electron chi connectivity index (χ3n) is 3.93. The Labute approximate surface area is 138 Å². The molecule has 6 nitrogen and oxygen atoms in total. The first kappa shape index (κ1) is 15.9. The fourth-order valence-corrected chi connectivity index (χ4v) is 2.63. The number of aryl methyl sites for hydroxylation is 2. The SMILES string of the molecule is CCn1nc(-c2ccc(C)c(C(=O)OC)c2)c2ncccc2c1=O. The van der Waals surface area contributed by atoms with E-state index in [9.17, 15) is 9.59 Å². The number of nitrogens with zero attached hydrogens (tertiary/aromatic N) is 3. The third-order valence-corrected chi connectivity index (χ3v) is 3.93. The minimum absolute atomic E-state index is 0.176. The van der Waals surface area contributed by atoms with Gasteiger partial charge in [0.05, 0.1) is 18.1 Å². The highest BCUT2D eigenvalue weighted by Gasteiger charge is 2.16. The molecule has 0 saturated heterocycles. The number of aromatic nitrogens is 3. The van der Waals surface area contributed by atoms with E-state index < -0.39 is 5.97 Å². The van der Waals surface area contributed by atoms with Crippen LogP contribution in [0.25, 0.3) is 22.2 Å². The lowest BCUT2D eigenvalue weighted by Crippen LogP contribution is -2.23. The van der Waals surface area contributed by atoms with E-state index in [1.165, 1.54) is 11.8 Å². The second-order valence-corrected chi connectivity index (χ2v) is 5.39. The average Bonchev–Trinajstić information content (AvgIpc) is 2.62. The number of hydrogen-bond acceptors (Lipinski definition) is 5. The van der Waals surface area contributed by atoms with Crippen molar-refractivity contribution in [3.8, 4) is 11.3 Å². The molecule has 0 spiro atoms. The quantitative estimate of drug-likeness (QED) is 0.693. The van der Waals surface area contributed by atoms with Gasteiger partial charge in [-0.05, 0) is 37.6 Å². The maximum atomic E-state index is 12.4. The van der Waals surface area contributed by atoms with Gasteiger partial charge in [-0.15, -0.1) is 0 Å². The Bertz CT molecular complexity index is 992. The number of ether oxygens (including phenoxy) is 1. The van der Waals surface area contributed by atoms with Crippen LogP contribution in [0.15, 0.2) is 41.3 Å². The highest BCUT2D eigenvalue weighted by molar-refractivity contribution is 5.95. The van der Waals surface area contributed by atoms with Gasteiger partial charge in [0.1, 0.15) is 11.2 Å². The summed E-state index contributed by atoms with van der Waals surface area (Å²) in [5.74, 6) is -0.407. The van der Waals surface area contributed by atoms with E-state index in [2.05, 4.69) is 10.1 Å². The fourth-order valence-electron chi connectivity index (χ4n) is 2.63. The molecule has 0 saturated carbocycles. The summed E-state index contributed by atoms with van der Waals surface area (Å²) in [7, 11) is 1.35. The molecule has 0 aliphatic carbocycles.